The first kappa shape index (κ1) is 18.9. The molecule has 0 saturated heterocycles. The molecule has 0 atom stereocenters. The number of nitrogens with zero attached hydrogens (tertiary/aromatic N) is 1. The van der Waals surface area contributed by atoms with E-state index in [1.807, 2.05) is 24.4 Å². The van der Waals surface area contributed by atoms with Gasteiger partial charge >= 0.3 is 0 Å². The van der Waals surface area contributed by atoms with Crippen molar-refractivity contribution in [3.05, 3.63) is 58.0 Å². The quantitative estimate of drug-likeness (QED) is 0.384. The number of benzene rings is 1. The van der Waals surface area contributed by atoms with E-state index < -0.39 is 0 Å². The molecule has 0 aliphatic rings. The number of hydrogen-bond donors (Lipinski definition) is 3. The smallest absolute Gasteiger partial charge is 0.261 e. The van der Waals surface area contributed by atoms with Crippen molar-refractivity contribution in [3.8, 4) is 0 Å². The van der Waals surface area contributed by atoms with E-state index in [0.29, 0.717) is 25.6 Å². The molecule has 0 spiro atoms. The molecule has 0 aliphatic heterocycles. The van der Waals surface area contributed by atoms with Crippen LogP contribution in [0, 0.1) is 5.82 Å². The van der Waals surface area contributed by atoms with Gasteiger partial charge in [0.2, 0.25) is 0 Å². The Labute approximate surface area is 151 Å². The highest BCUT2D eigenvalue weighted by atomic mass is 32.1. The molecule has 1 aromatic heterocycles. The van der Waals surface area contributed by atoms with E-state index >= 15 is 0 Å². The van der Waals surface area contributed by atoms with Crippen LogP contribution in [0.25, 0.3) is 0 Å². The minimum Gasteiger partial charge on any atom is -0.357 e. The summed E-state index contributed by atoms with van der Waals surface area (Å²) in [6.45, 7) is 4.52. The van der Waals surface area contributed by atoms with Crippen molar-refractivity contribution in [1.82, 2.24) is 16.0 Å². The van der Waals surface area contributed by atoms with Crippen LogP contribution in [-0.4, -0.2) is 31.5 Å². The van der Waals surface area contributed by atoms with Crippen LogP contribution in [0.1, 0.15) is 28.6 Å². The van der Waals surface area contributed by atoms with E-state index in [-0.39, 0.29) is 11.7 Å². The van der Waals surface area contributed by atoms with Crippen molar-refractivity contribution >= 4 is 23.2 Å². The normalized spacial score (nSPS) is 11.2. The van der Waals surface area contributed by atoms with E-state index in [4.69, 9.17) is 0 Å². The Morgan fingerprint density at radius 2 is 1.88 bits per heavy atom. The molecule has 1 aromatic carbocycles. The molecule has 0 fully saturated rings. The molecule has 0 unspecified atom stereocenters. The van der Waals surface area contributed by atoms with Gasteiger partial charge in [-0.3, -0.25) is 4.79 Å². The van der Waals surface area contributed by atoms with Crippen molar-refractivity contribution < 1.29 is 9.18 Å². The molecular formula is C18H23FN4OS. The van der Waals surface area contributed by atoms with Gasteiger partial charge in [0.15, 0.2) is 5.96 Å². The number of nitrogens with one attached hydrogen (secondary N) is 3. The van der Waals surface area contributed by atoms with E-state index in [0.717, 1.165) is 23.4 Å². The van der Waals surface area contributed by atoms with Crippen LogP contribution in [0.5, 0.6) is 0 Å². The predicted octanol–water partition coefficient (Wildman–Crippen LogP) is 2.76. The Bertz CT molecular complexity index is 671. The van der Waals surface area contributed by atoms with Crippen LogP contribution in [0.4, 0.5) is 4.39 Å². The third-order valence-corrected chi connectivity index (χ3v) is 4.22. The molecule has 7 heteroatoms. The first-order valence-electron chi connectivity index (χ1n) is 8.27. The van der Waals surface area contributed by atoms with Crippen molar-refractivity contribution in [3.63, 3.8) is 0 Å². The standard InChI is InChI=1S/C18H23FN4OS/c1-2-20-18(23-13-14-6-8-15(19)9-7-14)22-11-4-10-21-17(24)16-5-3-12-25-16/h3,5-9,12H,2,4,10-11,13H2,1H3,(H,21,24)(H2,20,22,23). The molecule has 0 bridgehead atoms. The lowest BCUT2D eigenvalue weighted by Crippen LogP contribution is -2.38. The van der Waals surface area contributed by atoms with E-state index in [2.05, 4.69) is 20.9 Å². The molecule has 5 nitrogen and oxygen atoms in total. The first-order valence-corrected chi connectivity index (χ1v) is 9.15. The van der Waals surface area contributed by atoms with Crippen molar-refractivity contribution in [1.29, 1.82) is 0 Å². The maximum absolute atomic E-state index is 12.9. The van der Waals surface area contributed by atoms with Gasteiger partial charge in [-0.1, -0.05) is 18.2 Å². The summed E-state index contributed by atoms with van der Waals surface area (Å²) in [7, 11) is 0. The van der Waals surface area contributed by atoms with Gasteiger partial charge in [-0.15, -0.1) is 11.3 Å². The summed E-state index contributed by atoms with van der Waals surface area (Å²) in [6.07, 6.45) is 0.790. The number of guanidine groups is 1. The Kier molecular flexibility index (Phi) is 7.91. The number of thiophene rings is 1. The molecule has 2 rings (SSSR count). The third-order valence-electron chi connectivity index (χ3n) is 3.35. The van der Waals surface area contributed by atoms with Gasteiger partial charge in [-0.25, -0.2) is 9.38 Å². The van der Waals surface area contributed by atoms with Crippen molar-refractivity contribution in [2.24, 2.45) is 4.99 Å². The Balaban J connectivity index is 1.70. The van der Waals surface area contributed by atoms with Crippen LogP contribution < -0.4 is 16.0 Å². The van der Waals surface area contributed by atoms with Crippen LogP contribution >= 0.6 is 11.3 Å². The zero-order chi connectivity index (χ0) is 17.9. The van der Waals surface area contributed by atoms with Crippen LogP contribution in [-0.2, 0) is 6.54 Å². The van der Waals surface area contributed by atoms with Gasteiger partial charge in [-0.05, 0) is 42.5 Å². The van der Waals surface area contributed by atoms with Gasteiger partial charge in [0.25, 0.3) is 5.91 Å². The summed E-state index contributed by atoms with van der Waals surface area (Å²) < 4.78 is 12.9. The third kappa shape index (κ3) is 6.93. The SMILES string of the molecule is CCNC(=NCc1ccc(F)cc1)NCCCNC(=O)c1cccs1. The zero-order valence-corrected chi connectivity index (χ0v) is 15.0. The predicted molar refractivity (Wildman–Crippen MR) is 100 cm³/mol. The Morgan fingerprint density at radius 1 is 1.12 bits per heavy atom. The molecule has 2 aromatic rings. The van der Waals surface area contributed by atoms with Crippen molar-refractivity contribution in [2.45, 2.75) is 19.9 Å². The molecule has 1 amide bonds. The van der Waals surface area contributed by atoms with Gasteiger partial charge < -0.3 is 16.0 Å². The fourth-order valence-electron chi connectivity index (χ4n) is 2.09. The second kappa shape index (κ2) is 10.5. The Hall–Kier alpha value is -2.41. The highest BCUT2D eigenvalue weighted by Gasteiger charge is 2.04. The average Bonchev–Trinajstić information content (AvgIpc) is 3.15. The topological polar surface area (TPSA) is 65.5 Å². The molecule has 0 saturated carbocycles. The van der Waals surface area contributed by atoms with Crippen molar-refractivity contribution in [2.75, 3.05) is 19.6 Å². The summed E-state index contributed by atoms with van der Waals surface area (Å²) in [5.41, 5.74) is 0.946. The minimum atomic E-state index is -0.248. The van der Waals surface area contributed by atoms with E-state index in [1.165, 1.54) is 23.5 Å². The second-order valence-corrected chi connectivity index (χ2v) is 6.28. The minimum absolute atomic E-state index is 0.0353. The molecule has 0 aliphatic carbocycles. The highest BCUT2D eigenvalue weighted by Crippen LogP contribution is 2.07. The number of amides is 1. The maximum atomic E-state index is 12.9. The first-order chi connectivity index (χ1) is 12.2. The van der Waals surface area contributed by atoms with E-state index in [9.17, 15) is 9.18 Å². The number of hydrogen-bond acceptors (Lipinski definition) is 3. The van der Waals surface area contributed by atoms with E-state index in [1.54, 1.807) is 12.1 Å². The lowest BCUT2D eigenvalue weighted by atomic mass is 10.2. The summed E-state index contributed by atoms with van der Waals surface area (Å²) in [6, 6.07) is 9.99. The summed E-state index contributed by atoms with van der Waals surface area (Å²) in [5.74, 6) is 0.422. The average molecular weight is 362 g/mol. The molecule has 0 radical (unpaired) electrons. The zero-order valence-electron chi connectivity index (χ0n) is 14.2. The number of halogens is 1. The monoisotopic (exact) mass is 362 g/mol. The summed E-state index contributed by atoms with van der Waals surface area (Å²) in [4.78, 5) is 17.0. The molecule has 3 N–H and O–H groups in total. The fourth-order valence-corrected chi connectivity index (χ4v) is 2.73. The lowest BCUT2D eigenvalue weighted by Gasteiger charge is -2.11. The van der Waals surface area contributed by atoms with Gasteiger partial charge in [-0.2, -0.15) is 0 Å². The summed E-state index contributed by atoms with van der Waals surface area (Å²) in [5, 5.41) is 11.2. The second-order valence-electron chi connectivity index (χ2n) is 5.34. The maximum Gasteiger partial charge on any atom is 0.261 e. The number of rotatable bonds is 8. The highest BCUT2D eigenvalue weighted by molar-refractivity contribution is 7.12. The molecule has 1 heterocycles. The lowest BCUT2D eigenvalue weighted by molar-refractivity contribution is 0.0957. The largest absolute Gasteiger partial charge is 0.357 e. The van der Waals surface area contributed by atoms with Crippen LogP contribution in [0.3, 0.4) is 0 Å². The van der Waals surface area contributed by atoms with Gasteiger partial charge in [0, 0.05) is 19.6 Å². The fraction of sp³-hybridized carbons (Fsp3) is 0.333. The van der Waals surface area contributed by atoms with Gasteiger partial charge in [0.05, 0.1) is 11.4 Å². The summed E-state index contributed by atoms with van der Waals surface area (Å²) >= 11 is 1.43. The molecule has 134 valence electrons. The molecule has 25 heavy (non-hydrogen) atoms. The molecular weight excluding hydrogens is 339 g/mol. The number of carbonyl (C=O) groups is 1. The number of carbonyl (C=O) groups excluding carboxylic acids is 1. The van der Waals surface area contributed by atoms with Gasteiger partial charge in [0.1, 0.15) is 5.82 Å². The number of aliphatic imine (C=N–C) groups is 1. The van der Waals surface area contributed by atoms with Crippen LogP contribution in [0.15, 0.2) is 46.8 Å². The Morgan fingerprint density at radius 3 is 2.56 bits per heavy atom. The van der Waals surface area contributed by atoms with Crippen LogP contribution in [0.2, 0.25) is 0 Å².